The molecule has 2 heterocycles. The highest BCUT2D eigenvalue weighted by atomic mass is 35.5. The molecule has 0 saturated heterocycles. The highest BCUT2D eigenvalue weighted by molar-refractivity contribution is 7.14. The molecule has 1 aromatic carbocycles. The van der Waals surface area contributed by atoms with Crippen molar-refractivity contribution >= 4 is 22.9 Å². The third kappa shape index (κ3) is 2.68. The second kappa shape index (κ2) is 5.31. The SMILES string of the molecule is O=c1[nH]c(-c2cc(Cl)cs2)nc(O)c1-c1ccc(F)cc1. The normalized spacial score (nSPS) is 10.8. The van der Waals surface area contributed by atoms with Crippen LogP contribution in [0.5, 0.6) is 5.88 Å². The molecule has 0 aliphatic heterocycles. The Morgan fingerprint density at radius 3 is 2.57 bits per heavy atom. The Kier molecular flexibility index (Phi) is 3.48. The average molecular weight is 323 g/mol. The lowest BCUT2D eigenvalue weighted by Gasteiger charge is -2.05. The third-order valence-corrected chi connectivity index (χ3v) is 4.12. The van der Waals surface area contributed by atoms with E-state index in [0.29, 0.717) is 15.5 Å². The fraction of sp³-hybridized carbons (Fsp3) is 0. The maximum absolute atomic E-state index is 12.9. The van der Waals surface area contributed by atoms with Gasteiger partial charge in [0.05, 0.1) is 9.90 Å². The number of hydrogen-bond acceptors (Lipinski definition) is 4. The fourth-order valence-electron chi connectivity index (χ4n) is 1.89. The number of aromatic hydroxyl groups is 1. The number of halogens is 2. The van der Waals surface area contributed by atoms with Crippen molar-refractivity contribution in [1.82, 2.24) is 9.97 Å². The van der Waals surface area contributed by atoms with Crippen molar-refractivity contribution < 1.29 is 9.50 Å². The number of benzene rings is 1. The van der Waals surface area contributed by atoms with Gasteiger partial charge in [0.2, 0.25) is 5.88 Å². The van der Waals surface area contributed by atoms with Crippen LogP contribution in [0.1, 0.15) is 0 Å². The van der Waals surface area contributed by atoms with Crippen molar-refractivity contribution in [3.05, 3.63) is 56.9 Å². The van der Waals surface area contributed by atoms with Gasteiger partial charge in [-0.2, -0.15) is 4.98 Å². The number of rotatable bonds is 2. The minimum atomic E-state index is -0.506. The molecule has 2 N–H and O–H groups in total. The first-order valence-electron chi connectivity index (χ1n) is 5.88. The van der Waals surface area contributed by atoms with Crippen LogP contribution in [0.2, 0.25) is 5.02 Å². The van der Waals surface area contributed by atoms with Crippen LogP contribution in [0.15, 0.2) is 40.5 Å². The summed E-state index contributed by atoms with van der Waals surface area (Å²) in [7, 11) is 0. The molecule has 0 aliphatic carbocycles. The van der Waals surface area contributed by atoms with E-state index < -0.39 is 17.3 Å². The molecule has 0 unspecified atom stereocenters. The number of thiophene rings is 1. The molecule has 0 amide bonds. The quantitative estimate of drug-likeness (QED) is 0.756. The first-order valence-corrected chi connectivity index (χ1v) is 7.14. The molecule has 0 bridgehead atoms. The van der Waals surface area contributed by atoms with Gasteiger partial charge in [0.1, 0.15) is 11.4 Å². The summed E-state index contributed by atoms with van der Waals surface area (Å²) in [5, 5.41) is 12.2. The zero-order chi connectivity index (χ0) is 15.0. The molecule has 2 aromatic heterocycles. The van der Waals surface area contributed by atoms with Crippen LogP contribution < -0.4 is 5.56 Å². The minimum absolute atomic E-state index is 0.00130. The molecular formula is C14H8ClFN2O2S. The zero-order valence-corrected chi connectivity index (χ0v) is 12.0. The summed E-state index contributed by atoms with van der Waals surface area (Å²) in [6, 6.07) is 6.87. The number of aromatic nitrogens is 2. The van der Waals surface area contributed by atoms with Crippen molar-refractivity contribution in [2.45, 2.75) is 0 Å². The van der Waals surface area contributed by atoms with E-state index in [9.17, 15) is 14.3 Å². The Labute approximate surface area is 127 Å². The Bertz CT molecular complexity index is 858. The van der Waals surface area contributed by atoms with E-state index in [0.717, 1.165) is 0 Å². The second-order valence-corrected chi connectivity index (χ2v) is 5.60. The summed E-state index contributed by atoms with van der Waals surface area (Å²) in [6.45, 7) is 0. The molecule has 106 valence electrons. The van der Waals surface area contributed by atoms with Crippen molar-refractivity contribution in [1.29, 1.82) is 0 Å². The topological polar surface area (TPSA) is 66.0 Å². The Morgan fingerprint density at radius 1 is 1.29 bits per heavy atom. The predicted octanol–water partition coefficient (Wildman–Crippen LogP) is 3.66. The molecule has 7 heteroatoms. The Morgan fingerprint density at radius 2 is 2.00 bits per heavy atom. The Balaban J connectivity index is 2.12. The molecule has 3 rings (SSSR count). The largest absolute Gasteiger partial charge is 0.493 e. The number of nitrogens with one attached hydrogen (secondary N) is 1. The summed E-state index contributed by atoms with van der Waals surface area (Å²) < 4.78 is 12.9. The molecule has 21 heavy (non-hydrogen) atoms. The van der Waals surface area contributed by atoms with E-state index >= 15 is 0 Å². The first-order chi connectivity index (χ1) is 10.0. The summed E-state index contributed by atoms with van der Waals surface area (Å²) in [6.07, 6.45) is 0. The van der Waals surface area contributed by atoms with Crippen molar-refractivity contribution in [2.24, 2.45) is 0 Å². The maximum atomic E-state index is 12.9. The summed E-state index contributed by atoms with van der Waals surface area (Å²) in [5.41, 5.74) is -0.117. The van der Waals surface area contributed by atoms with Crippen LogP contribution in [0.25, 0.3) is 21.8 Å². The number of nitrogens with zero attached hydrogens (tertiary/aromatic N) is 1. The van der Waals surface area contributed by atoms with Crippen LogP contribution in [0.3, 0.4) is 0 Å². The van der Waals surface area contributed by atoms with Crippen molar-refractivity contribution in [3.8, 4) is 27.7 Å². The van der Waals surface area contributed by atoms with Crippen LogP contribution in [-0.2, 0) is 0 Å². The van der Waals surface area contributed by atoms with E-state index in [1.54, 1.807) is 11.4 Å². The molecule has 4 nitrogen and oxygen atoms in total. The summed E-state index contributed by atoms with van der Waals surface area (Å²) in [5.74, 6) is -0.599. The van der Waals surface area contributed by atoms with E-state index in [1.165, 1.54) is 35.6 Å². The van der Waals surface area contributed by atoms with Gasteiger partial charge in [-0.25, -0.2) is 4.39 Å². The van der Waals surface area contributed by atoms with Gasteiger partial charge in [-0.15, -0.1) is 11.3 Å². The average Bonchev–Trinajstić information content (AvgIpc) is 2.87. The summed E-state index contributed by atoms with van der Waals surface area (Å²) in [4.78, 5) is 19.4. The van der Waals surface area contributed by atoms with Crippen LogP contribution >= 0.6 is 22.9 Å². The lowest BCUT2D eigenvalue weighted by Crippen LogP contribution is -2.11. The van der Waals surface area contributed by atoms with Gasteiger partial charge >= 0.3 is 0 Å². The van der Waals surface area contributed by atoms with E-state index in [1.807, 2.05) is 0 Å². The van der Waals surface area contributed by atoms with E-state index in [2.05, 4.69) is 9.97 Å². The fourth-order valence-corrected chi connectivity index (χ4v) is 2.91. The van der Waals surface area contributed by atoms with Gasteiger partial charge in [-0.3, -0.25) is 4.79 Å². The van der Waals surface area contributed by atoms with Crippen molar-refractivity contribution in [2.75, 3.05) is 0 Å². The zero-order valence-electron chi connectivity index (χ0n) is 10.4. The van der Waals surface area contributed by atoms with Gasteiger partial charge in [-0.05, 0) is 23.8 Å². The van der Waals surface area contributed by atoms with Gasteiger partial charge in [0, 0.05) is 5.38 Å². The van der Waals surface area contributed by atoms with E-state index in [4.69, 9.17) is 11.6 Å². The highest BCUT2D eigenvalue weighted by Gasteiger charge is 2.14. The molecule has 0 radical (unpaired) electrons. The van der Waals surface area contributed by atoms with Gasteiger partial charge < -0.3 is 10.1 Å². The molecule has 0 fully saturated rings. The maximum Gasteiger partial charge on any atom is 0.262 e. The van der Waals surface area contributed by atoms with Crippen LogP contribution in [0, 0.1) is 5.82 Å². The number of H-pyrrole nitrogens is 1. The second-order valence-electron chi connectivity index (χ2n) is 4.25. The molecular weight excluding hydrogens is 315 g/mol. The molecule has 0 saturated carbocycles. The Hall–Kier alpha value is -2.18. The standard InChI is InChI=1S/C14H8ClFN2O2S/c15-8-5-10(21-6-8)12-17-13(19)11(14(20)18-12)7-1-3-9(16)4-2-7/h1-6H,(H2,17,18,19,20). The predicted molar refractivity (Wildman–Crippen MR) is 80.2 cm³/mol. The third-order valence-electron chi connectivity index (χ3n) is 2.83. The minimum Gasteiger partial charge on any atom is -0.493 e. The molecule has 0 spiro atoms. The van der Waals surface area contributed by atoms with Gasteiger partial charge in [0.15, 0.2) is 5.82 Å². The van der Waals surface area contributed by atoms with Gasteiger partial charge in [-0.1, -0.05) is 23.7 Å². The van der Waals surface area contributed by atoms with Crippen molar-refractivity contribution in [3.63, 3.8) is 0 Å². The van der Waals surface area contributed by atoms with Gasteiger partial charge in [0.25, 0.3) is 5.56 Å². The molecule has 0 atom stereocenters. The number of hydrogen-bond donors (Lipinski definition) is 2. The number of aromatic amines is 1. The molecule has 3 aromatic rings. The smallest absolute Gasteiger partial charge is 0.262 e. The lowest BCUT2D eigenvalue weighted by atomic mass is 10.1. The monoisotopic (exact) mass is 322 g/mol. The summed E-state index contributed by atoms with van der Waals surface area (Å²) >= 11 is 7.12. The van der Waals surface area contributed by atoms with Crippen LogP contribution in [-0.4, -0.2) is 15.1 Å². The molecule has 0 aliphatic rings. The first kappa shape index (κ1) is 13.8. The highest BCUT2D eigenvalue weighted by Crippen LogP contribution is 2.30. The van der Waals surface area contributed by atoms with Crippen LogP contribution in [0.4, 0.5) is 4.39 Å². The van der Waals surface area contributed by atoms with E-state index in [-0.39, 0.29) is 11.4 Å². The lowest BCUT2D eigenvalue weighted by molar-refractivity contribution is 0.454.